The van der Waals surface area contributed by atoms with E-state index < -0.39 is 0 Å². The number of hydrogen-bond donors (Lipinski definition) is 2. The van der Waals surface area contributed by atoms with Crippen LogP contribution >= 0.6 is 24.0 Å². The molecule has 2 rings (SSSR count). The number of rotatable bonds is 4. The van der Waals surface area contributed by atoms with Crippen molar-refractivity contribution in [3.63, 3.8) is 0 Å². The van der Waals surface area contributed by atoms with E-state index in [9.17, 15) is 4.79 Å². The number of aryl methyl sites for hydroxylation is 1. The molecule has 0 aliphatic carbocycles. The van der Waals surface area contributed by atoms with Crippen LogP contribution in [0.15, 0.2) is 18.2 Å². The highest BCUT2D eigenvalue weighted by Crippen LogP contribution is 2.16. The van der Waals surface area contributed by atoms with Crippen molar-refractivity contribution in [2.75, 3.05) is 13.1 Å². The molecule has 1 amide bonds. The number of hydrogen-bond acceptors (Lipinski definition) is 2. The molecule has 1 aromatic carbocycles. The van der Waals surface area contributed by atoms with E-state index in [1.54, 1.807) is 6.07 Å². The molecule has 1 aliphatic heterocycles. The summed E-state index contributed by atoms with van der Waals surface area (Å²) in [6.07, 6.45) is 3.45. The van der Waals surface area contributed by atoms with Gasteiger partial charge in [0.1, 0.15) is 0 Å². The Bertz CT molecular complexity index is 431. The standard InChI is InChI=1S/C14H19ClN2O.ClH/c1-10-4-5-11(9-13(10)15)14(18)17-8-6-12-3-2-7-16-12;/h4-5,9,12,16H,2-3,6-8H2,1H3,(H,17,18);1H/t12-;/m1./s1. The summed E-state index contributed by atoms with van der Waals surface area (Å²) < 4.78 is 0. The Labute approximate surface area is 125 Å². The fraction of sp³-hybridized carbons (Fsp3) is 0.500. The maximum atomic E-state index is 11.9. The quantitative estimate of drug-likeness (QED) is 0.898. The number of benzene rings is 1. The number of amides is 1. The topological polar surface area (TPSA) is 41.1 Å². The van der Waals surface area contributed by atoms with Gasteiger partial charge in [-0.25, -0.2) is 0 Å². The fourth-order valence-electron chi connectivity index (χ4n) is 2.20. The summed E-state index contributed by atoms with van der Waals surface area (Å²) in [4.78, 5) is 11.9. The maximum absolute atomic E-state index is 11.9. The molecule has 1 aromatic rings. The van der Waals surface area contributed by atoms with Crippen LogP contribution in [0.1, 0.15) is 35.2 Å². The second-order valence-electron chi connectivity index (χ2n) is 4.80. The highest BCUT2D eigenvalue weighted by Gasteiger charge is 2.14. The summed E-state index contributed by atoms with van der Waals surface area (Å²) in [5.41, 5.74) is 1.62. The van der Waals surface area contributed by atoms with Gasteiger partial charge in [-0.2, -0.15) is 0 Å². The molecule has 0 spiro atoms. The van der Waals surface area contributed by atoms with Crippen LogP contribution in [-0.4, -0.2) is 25.0 Å². The molecular weight excluding hydrogens is 283 g/mol. The molecule has 0 saturated carbocycles. The minimum atomic E-state index is -0.0464. The minimum Gasteiger partial charge on any atom is -0.352 e. The van der Waals surface area contributed by atoms with Crippen LogP contribution in [0.25, 0.3) is 0 Å². The average Bonchev–Trinajstić information content (AvgIpc) is 2.85. The van der Waals surface area contributed by atoms with Gasteiger partial charge in [0.05, 0.1) is 0 Å². The molecule has 1 atom stereocenters. The molecule has 1 aliphatic rings. The Kier molecular flexibility index (Phi) is 6.63. The lowest BCUT2D eigenvalue weighted by atomic mass is 10.1. The Morgan fingerprint density at radius 3 is 2.95 bits per heavy atom. The van der Waals surface area contributed by atoms with Crippen LogP contribution in [0.4, 0.5) is 0 Å². The summed E-state index contributed by atoms with van der Waals surface area (Å²) >= 11 is 6.01. The smallest absolute Gasteiger partial charge is 0.251 e. The molecule has 0 bridgehead atoms. The van der Waals surface area contributed by atoms with Crippen molar-refractivity contribution in [2.24, 2.45) is 0 Å². The molecule has 1 saturated heterocycles. The van der Waals surface area contributed by atoms with E-state index in [2.05, 4.69) is 10.6 Å². The van der Waals surface area contributed by atoms with Crippen molar-refractivity contribution in [1.29, 1.82) is 0 Å². The molecule has 1 fully saturated rings. The van der Waals surface area contributed by atoms with Gasteiger partial charge in [-0.15, -0.1) is 12.4 Å². The zero-order chi connectivity index (χ0) is 13.0. The highest BCUT2D eigenvalue weighted by molar-refractivity contribution is 6.31. The van der Waals surface area contributed by atoms with Gasteiger partial charge >= 0.3 is 0 Å². The third-order valence-electron chi connectivity index (χ3n) is 3.37. The Hall–Kier alpha value is -0.770. The molecule has 0 aromatic heterocycles. The summed E-state index contributed by atoms with van der Waals surface area (Å²) in [7, 11) is 0. The summed E-state index contributed by atoms with van der Waals surface area (Å²) in [5, 5.41) is 6.99. The van der Waals surface area contributed by atoms with E-state index in [0.717, 1.165) is 18.5 Å². The maximum Gasteiger partial charge on any atom is 0.251 e. The van der Waals surface area contributed by atoms with Gasteiger partial charge in [0.2, 0.25) is 0 Å². The van der Waals surface area contributed by atoms with E-state index in [1.807, 2.05) is 19.1 Å². The third-order valence-corrected chi connectivity index (χ3v) is 3.78. The first-order valence-corrected chi connectivity index (χ1v) is 6.82. The molecule has 0 radical (unpaired) electrons. The van der Waals surface area contributed by atoms with Gasteiger partial charge < -0.3 is 10.6 Å². The van der Waals surface area contributed by atoms with Gasteiger partial charge in [0.15, 0.2) is 0 Å². The van der Waals surface area contributed by atoms with Crippen LogP contribution in [-0.2, 0) is 0 Å². The van der Waals surface area contributed by atoms with Crippen molar-refractivity contribution >= 4 is 29.9 Å². The lowest BCUT2D eigenvalue weighted by Gasteiger charge is -2.11. The molecule has 2 N–H and O–H groups in total. The number of carbonyl (C=O) groups excluding carboxylic acids is 1. The molecular formula is C14H20Cl2N2O. The van der Waals surface area contributed by atoms with Crippen LogP contribution in [0.5, 0.6) is 0 Å². The Balaban J connectivity index is 0.00000180. The first-order chi connectivity index (χ1) is 8.66. The van der Waals surface area contributed by atoms with Gasteiger partial charge in [-0.3, -0.25) is 4.79 Å². The molecule has 106 valence electrons. The lowest BCUT2D eigenvalue weighted by Crippen LogP contribution is -2.30. The van der Waals surface area contributed by atoms with Crippen LogP contribution in [0.2, 0.25) is 5.02 Å². The number of halogens is 2. The van der Waals surface area contributed by atoms with E-state index >= 15 is 0 Å². The first kappa shape index (κ1) is 16.3. The van der Waals surface area contributed by atoms with Gasteiger partial charge in [0, 0.05) is 23.2 Å². The van der Waals surface area contributed by atoms with E-state index in [-0.39, 0.29) is 18.3 Å². The van der Waals surface area contributed by atoms with Crippen LogP contribution in [0.3, 0.4) is 0 Å². The summed E-state index contributed by atoms with van der Waals surface area (Å²) in [6, 6.07) is 5.96. The van der Waals surface area contributed by atoms with Crippen molar-refractivity contribution in [3.05, 3.63) is 34.3 Å². The Morgan fingerprint density at radius 2 is 2.32 bits per heavy atom. The summed E-state index contributed by atoms with van der Waals surface area (Å²) in [5.74, 6) is -0.0464. The summed E-state index contributed by atoms with van der Waals surface area (Å²) in [6.45, 7) is 3.74. The van der Waals surface area contributed by atoms with Gasteiger partial charge in [0.25, 0.3) is 5.91 Å². The van der Waals surface area contributed by atoms with Crippen LogP contribution < -0.4 is 10.6 Å². The minimum absolute atomic E-state index is 0. The largest absolute Gasteiger partial charge is 0.352 e. The lowest BCUT2D eigenvalue weighted by molar-refractivity contribution is 0.0952. The SMILES string of the molecule is Cc1ccc(C(=O)NCC[C@H]2CCCN2)cc1Cl.Cl. The third kappa shape index (κ3) is 4.68. The van der Waals surface area contributed by atoms with Crippen molar-refractivity contribution < 1.29 is 4.79 Å². The van der Waals surface area contributed by atoms with E-state index in [4.69, 9.17) is 11.6 Å². The zero-order valence-electron chi connectivity index (χ0n) is 11.0. The van der Waals surface area contributed by atoms with Crippen molar-refractivity contribution in [2.45, 2.75) is 32.2 Å². The molecule has 0 unspecified atom stereocenters. The predicted molar refractivity (Wildman–Crippen MR) is 81.4 cm³/mol. The van der Waals surface area contributed by atoms with Crippen molar-refractivity contribution in [3.8, 4) is 0 Å². The number of carbonyl (C=O) groups is 1. The highest BCUT2D eigenvalue weighted by atomic mass is 35.5. The van der Waals surface area contributed by atoms with Crippen LogP contribution in [0, 0.1) is 6.92 Å². The molecule has 3 nitrogen and oxygen atoms in total. The second kappa shape index (κ2) is 7.73. The van der Waals surface area contributed by atoms with Gasteiger partial charge in [-0.05, 0) is 50.4 Å². The van der Waals surface area contributed by atoms with Crippen molar-refractivity contribution in [1.82, 2.24) is 10.6 Å². The normalized spacial score (nSPS) is 17.9. The molecule has 5 heteroatoms. The first-order valence-electron chi connectivity index (χ1n) is 6.44. The van der Waals surface area contributed by atoms with E-state index in [1.165, 1.54) is 12.8 Å². The fourth-order valence-corrected chi connectivity index (χ4v) is 2.38. The predicted octanol–water partition coefficient (Wildman–Crippen LogP) is 2.94. The Morgan fingerprint density at radius 1 is 1.53 bits per heavy atom. The monoisotopic (exact) mass is 302 g/mol. The second-order valence-corrected chi connectivity index (χ2v) is 5.21. The number of nitrogens with one attached hydrogen (secondary N) is 2. The van der Waals surface area contributed by atoms with E-state index in [0.29, 0.717) is 23.2 Å². The zero-order valence-corrected chi connectivity index (χ0v) is 12.6. The van der Waals surface area contributed by atoms with Gasteiger partial charge in [-0.1, -0.05) is 17.7 Å². The molecule has 1 heterocycles. The average molecular weight is 303 g/mol. The molecule has 19 heavy (non-hydrogen) atoms.